The standard InChI is InChI=1S/C29H34Cl2F2N4O.C2HF3O2/c1-5-35-11-13-36(14-12-35)27(38)37-17-19(16-28(2,3)4)29(18-34,22-10-9-20(30)15-24(22)32)26(37)21-7-6-8-23(31)25(21)33;3-2(4,5)1(6)7/h6-10,15,19,26H,5,11-14,16-17H2,1-4H3;(H,6,7)/t19-,26-,29-;/m1./s1. The van der Waals surface area contributed by atoms with Crippen LogP contribution in [-0.2, 0) is 10.2 Å². The molecule has 0 unspecified atom stereocenters. The highest BCUT2D eigenvalue weighted by atomic mass is 35.5. The van der Waals surface area contributed by atoms with Gasteiger partial charge in [-0.2, -0.15) is 18.4 Å². The molecule has 2 aliphatic rings. The first-order valence-corrected chi connectivity index (χ1v) is 15.0. The van der Waals surface area contributed by atoms with Crippen LogP contribution in [0.2, 0.25) is 10.0 Å². The summed E-state index contributed by atoms with van der Waals surface area (Å²) in [5.41, 5.74) is -1.62. The SMILES string of the molecule is CCN1CCN(C(=O)N2C[C@@H](CC(C)(C)C)[C@](C#N)(c3ccc(Cl)cc3F)[C@H]2c2cccc(Cl)c2F)CC1.O=C(O)C(F)(F)F. The quantitative estimate of drug-likeness (QED) is 0.338. The first kappa shape index (κ1) is 36.3. The van der Waals surface area contributed by atoms with Crippen LogP contribution in [0, 0.1) is 34.3 Å². The minimum Gasteiger partial charge on any atom is -0.475 e. The molecule has 2 amide bonds. The Balaban J connectivity index is 0.000000707. The molecule has 4 rings (SSSR count). The number of carbonyl (C=O) groups is 2. The number of carboxylic acids is 1. The highest BCUT2D eigenvalue weighted by Crippen LogP contribution is 2.56. The van der Waals surface area contributed by atoms with Crippen molar-refractivity contribution < 1.29 is 36.6 Å². The number of alkyl halides is 3. The van der Waals surface area contributed by atoms with Gasteiger partial charge in [-0.3, -0.25) is 0 Å². The predicted molar refractivity (Wildman–Crippen MR) is 160 cm³/mol. The highest BCUT2D eigenvalue weighted by Gasteiger charge is 2.60. The van der Waals surface area contributed by atoms with Crippen LogP contribution in [0.3, 0.4) is 0 Å². The lowest BCUT2D eigenvalue weighted by atomic mass is 9.63. The van der Waals surface area contributed by atoms with Crippen molar-refractivity contribution in [3.05, 3.63) is 69.2 Å². The summed E-state index contributed by atoms with van der Waals surface area (Å²) in [5, 5.41) is 18.1. The number of halogens is 7. The van der Waals surface area contributed by atoms with E-state index >= 15 is 8.78 Å². The van der Waals surface area contributed by atoms with Crippen molar-refractivity contribution in [3.63, 3.8) is 0 Å². The molecule has 0 radical (unpaired) electrons. The largest absolute Gasteiger partial charge is 0.490 e. The zero-order chi connectivity index (χ0) is 33.9. The topological polar surface area (TPSA) is 87.9 Å². The average Bonchev–Trinajstić information content (AvgIpc) is 3.26. The third-order valence-corrected chi connectivity index (χ3v) is 8.61. The van der Waals surface area contributed by atoms with Gasteiger partial charge in [0.05, 0.1) is 17.1 Å². The molecule has 2 saturated heterocycles. The first-order chi connectivity index (χ1) is 20.9. The van der Waals surface area contributed by atoms with Crippen LogP contribution in [0.5, 0.6) is 0 Å². The Labute approximate surface area is 269 Å². The van der Waals surface area contributed by atoms with Crippen LogP contribution in [0.1, 0.15) is 51.3 Å². The molecule has 2 aromatic carbocycles. The number of carboxylic acid groups (broad SMARTS) is 1. The fraction of sp³-hybridized carbons (Fsp3) is 0.516. The third-order valence-electron chi connectivity index (χ3n) is 8.08. The Morgan fingerprint density at radius 2 is 1.67 bits per heavy atom. The lowest BCUT2D eigenvalue weighted by molar-refractivity contribution is -0.192. The number of likely N-dealkylation sites (tertiary alicyclic amines) is 1. The number of aliphatic carboxylic acids is 1. The maximum absolute atomic E-state index is 15.7. The molecule has 0 spiro atoms. The van der Waals surface area contributed by atoms with E-state index in [1.54, 1.807) is 21.9 Å². The molecule has 246 valence electrons. The molecule has 0 aliphatic carbocycles. The van der Waals surface area contributed by atoms with Crippen molar-refractivity contribution in [1.29, 1.82) is 5.26 Å². The number of carbonyl (C=O) groups excluding carboxylic acids is 1. The zero-order valence-electron chi connectivity index (χ0n) is 25.3. The Morgan fingerprint density at radius 1 is 1.07 bits per heavy atom. The van der Waals surface area contributed by atoms with Crippen molar-refractivity contribution in [2.24, 2.45) is 11.3 Å². The van der Waals surface area contributed by atoms with Crippen molar-refractivity contribution in [2.45, 2.75) is 51.7 Å². The van der Waals surface area contributed by atoms with E-state index in [1.165, 1.54) is 24.3 Å². The summed E-state index contributed by atoms with van der Waals surface area (Å²) in [5.74, 6) is -4.60. The summed E-state index contributed by atoms with van der Waals surface area (Å²) in [7, 11) is 0. The minimum atomic E-state index is -5.08. The second-order valence-corrected chi connectivity index (χ2v) is 13.1. The molecule has 0 saturated carbocycles. The summed E-state index contributed by atoms with van der Waals surface area (Å²) in [6.45, 7) is 11.8. The van der Waals surface area contributed by atoms with Crippen LogP contribution in [0.25, 0.3) is 0 Å². The molecule has 2 aliphatic heterocycles. The van der Waals surface area contributed by atoms with Crippen molar-refractivity contribution in [1.82, 2.24) is 14.7 Å². The summed E-state index contributed by atoms with van der Waals surface area (Å²) in [4.78, 5) is 28.6. The van der Waals surface area contributed by atoms with E-state index in [2.05, 4.69) is 17.9 Å². The second kappa shape index (κ2) is 14.1. The lowest BCUT2D eigenvalue weighted by Crippen LogP contribution is -2.53. The van der Waals surface area contributed by atoms with Gasteiger partial charge in [0, 0.05) is 54.8 Å². The number of benzene rings is 2. The number of likely N-dealkylation sites (N-methyl/N-ethyl adjacent to an activating group) is 1. The molecule has 0 aromatic heterocycles. The Bertz CT molecular complexity index is 1440. The summed E-state index contributed by atoms with van der Waals surface area (Å²) in [6, 6.07) is 9.81. The van der Waals surface area contributed by atoms with E-state index in [0.29, 0.717) is 19.5 Å². The minimum absolute atomic E-state index is 0.102. The molecular formula is C31H35Cl2F5N4O3. The lowest BCUT2D eigenvalue weighted by Gasteiger charge is -2.40. The van der Waals surface area contributed by atoms with Crippen molar-refractivity contribution >= 4 is 35.2 Å². The average molecular weight is 678 g/mol. The van der Waals surface area contributed by atoms with Crippen LogP contribution in [0.4, 0.5) is 26.7 Å². The number of rotatable bonds is 4. The molecule has 0 bridgehead atoms. The van der Waals surface area contributed by atoms with E-state index < -0.39 is 41.2 Å². The fourth-order valence-corrected chi connectivity index (χ4v) is 6.44. The molecule has 2 heterocycles. The third kappa shape index (κ3) is 7.99. The second-order valence-electron chi connectivity index (χ2n) is 12.3. The summed E-state index contributed by atoms with van der Waals surface area (Å²) >= 11 is 12.3. The monoisotopic (exact) mass is 676 g/mol. The van der Waals surface area contributed by atoms with Gasteiger partial charge in [-0.1, -0.05) is 69.1 Å². The van der Waals surface area contributed by atoms with Crippen LogP contribution in [0.15, 0.2) is 36.4 Å². The molecule has 45 heavy (non-hydrogen) atoms. The number of piperazine rings is 1. The van der Waals surface area contributed by atoms with Crippen molar-refractivity contribution in [3.8, 4) is 6.07 Å². The van der Waals surface area contributed by atoms with Crippen LogP contribution in [-0.4, -0.2) is 77.3 Å². The molecule has 2 fully saturated rings. The molecule has 2 aromatic rings. The zero-order valence-corrected chi connectivity index (χ0v) is 26.8. The Hall–Kier alpha value is -3.14. The summed E-state index contributed by atoms with van der Waals surface area (Å²) in [6.07, 6.45) is -4.57. The van der Waals surface area contributed by atoms with E-state index in [1.807, 2.05) is 20.8 Å². The normalized spacial score (nSPS) is 22.4. The van der Waals surface area contributed by atoms with E-state index in [4.69, 9.17) is 33.1 Å². The van der Waals surface area contributed by atoms with Gasteiger partial charge in [0.2, 0.25) is 0 Å². The smallest absolute Gasteiger partial charge is 0.475 e. The Morgan fingerprint density at radius 3 is 2.16 bits per heavy atom. The van der Waals surface area contributed by atoms with Gasteiger partial charge < -0.3 is 19.8 Å². The van der Waals surface area contributed by atoms with Gasteiger partial charge in [-0.25, -0.2) is 18.4 Å². The molecular weight excluding hydrogens is 642 g/mol. The van der Waals surface area contributed by atoms with Crippen molar-refractivity contribution in [2.75, 3.05) is 39.3 Å². The molecule has 1 N–H and O–H groups in total. The number of nitriles is 1. The molecule has 14 heteroatoms. The van der Waals surface area contributed by atoms with Gasteiger partial charge in [-0.15, -0.1) is 0 Å². The first-order valence-electron chi connectivity index (χ1n) is 14.3. The predicted octanol–water partition coefficient (Wildman–Crippen LogP) is 7.53. The fourth-order valence-electron chi connectivity index (χ4n) is 6.10. The van der Waals surface area contributed by atoms with Gasteiger partial charge in [-0.05, 0) is 36.6 Å². The van der Waals surface area contributed by atoms with Gasteiger partial charge in [0.25, 0.3) is 0 Å². The van der Waals surface area contributed by atoms with Gasteiger partial charge in [0.1, 0.15) is 17.0 Å². The summed E-state index contributed by atoms with van der Waals surface area (Å²) < 4.78 is 63.2. The number of hydrogen-bond donors (Lipinski definition) is 1. The number of nitrogens with zero attached hydrogens (tertiary/aromatic N) is 4. The maximum atomic E-state index is 15.7. The Kier molecular flexibility index (Phi) is 11.4. The van der Waals surface area contributed by atoms with E-state index in [0.717, 1.165) is 19.6 Å². The van der Waals surface area contributed by atoms with Gasteiger partial charge >= 0.3 is 18.2 Å². The van der Waals surface area contributed by atoms with E-state index in [-0.39, 0.29) is 39.2 Å². The maximum Gasteiger partial charge on any atom is 0.490 e. The number of urea groups is 1. The van der Waals surface area contributed by atoms with E-state index in [9.17, 15) is 23.2 Å². The number of amides is 2. The molecule has 7 nitrogen and oxygen atoms in total. The van der Waals surface area contributed by atoms with Crippen LogP contribution < -0.4 is 0 Å². The number of hydrogen-bond acceptors (Lipinski definition) is 4. The molecule has 3 atom stereocenters. The van der Waals surface area contributed by atoms with Crippen LogP contribution >= 0.6 is 23.2 Å². The van der Waals surface area contributed by atoms with Gasteiger partial charge in [0.15, 0.2) is 0 Å². The highest BCUT2D eigenvalue weighted by molar-refractivity contribution is 6.31.